The van der Waals surface area contributed by atoms with Crippen LogP contribution < -0.4 is 9.05 Å². The van der Waals surface area contributed by atoms with Gasteiger partial charge in [-0.25, -0.2) is 27.1 Å². The molecule has 3 aliphatic rings. The molecule has 14 heteroatoms. The largest absolute Gasteiger partial charge is 0.441 e. The molecule has 0 amide bonds. The SMILES string of the molecule is CCCCC1(CCCC)c2cc(/C=C/c3ccc(OP4(C)=NP(C)(C)=NP(C)(C)=N4)cc3)ccc2-c2ccc(/C=C/c3ccc(OP4(C)=NP(C)(C)=NP(C)(C)=N4)cc3)cc21. The van der Waals surface area contributed by atoms with Crippen molar-refractivity contribution in [3.8, 4) is 22.6 Å². The zero-order valence-corrected chi connectivity index (χ0v) is 43.7. The first-order valence-corrected chi connectivity index (χ1v) is 35.9. The van der Waals surface area contributed by atoms with Crippen molar-refractivity contribution < 1.29 is 9.05 Å². The molecule has 8 nitrogen and oxygen atoms in total. The molecule has 2 heterocycles. The Bertz CT molecular complexity index is 2540. The van der Waals surface area contributed by atoms with Gasteiger partial charge in [-0.1, -0.05) is 124 Å². The van der Waals surface area contributed by atoms with Crippen LogP contribution in [0.3, 0.4) is 0 Å². The molecule has 1 aliphatic carbocycles. The fourth-order valence-corrected chi connectivity index (χ4v) is 35.3. The molecule has 2 unspecified atom stereocenters. The first-order chi connectivity index (χ1) is 28.6. The Morgan fingerprint density at radius 1 is 0.426 bits per heavy atom. The van der Waals surface area contributed by atoms with Crippen molar-refractivity contribution in [3.05, 3.63) is 118 Å². The molecule has 326 valence electrons. The van der Waals surface area contributed by atoms with Gasteiger partial charge in [-0.3, -0.25) is 0 Å². The van der Waals surface area contributed by atoms with Crippen molar-refractivity contribution in [3.63, 3.8) is 0 Å². The van der Waals surface area contributed by atoms with E-state index >= 15 is 0 Å². The lowest BCUT2D eigenvalue weighted by Gasteiger charge is -2.33. The summed E-state index contributed by atoms with van der Waals surface area (Å²) in [6, 6.07) is 31.0. The fraction of sp³-hybridized carbons (Fsp3) is 0.404. The van der Waals surface area contributed by atoms with Crippen molar-refractivity contribution in [2.75, 3.05) is 66.6 Å². The molecule has 2 atom stereocenters. The van der Waals surface area contributed by atoms with Gasteiger partial charge in [0, 0.05) is 18.7 Å². The summed E-state index contributed by atoms with van der Waals surface area (Å²) in [6.07, 6.45) is 16.0. The Labute approximate surface area is 367 Å². The minimum atomic E-state index is -2.28. The van der Waals surface area contributed by atoms with Crippen LogP contribution in [-0.2, 0) is 5.41 Å². The third kappa shape index (κ3) is 11.2. The van der Waals surface area contributed by atoms with Gasteiger partial charge >= 0.3 is 0 Å². The Kier molecular flexibility index (Phi) is 13.5. The molecule has 0 saturated carbocycles. The highest BCUT2D eigenvalue weighted by Crippen LogP contribution is 2.74. The average Bonchev–Trinajstić information content (AvgIpc) is 3.40. The topological polar surface area (TPSA) is 92.6 Å². The smallest absolute Gasteiger partial charge is 0.248 e. The highest BCUT2D eigenvalue weighted by Gasteiger charge is 2.42. The monoisotopic (exact) mass is 932 g/mol. The van der Waals surface area contributed by atoms with E-state index in [9.17, 15) is 0 Å². The molecule has 0 spiro atoms. The molecule has 0 bridgehead atoms. The van der Waals surface area contributed by atoms with Gasteiger partial charge in [0.25, 0.3) is 0 Å². The van der Waals surface area contributed by atoms with Crippen molar-refractivity contribution in [2.24, 2.45) is 27.1 Å². The third-order valence-corrected chi connectivity index (χ3v) is 31.4. The molecule has 2 aliphatic heterocycles. The van der Waals surface area contributed by atoms with Gasteiger partial charge in [-0.2, -0.15) is 0 Å². The van der Waals surface area contributed by atoms with Gasteiger partial charge in [0.2, 0.25) is 14.9 Å². The van der Waals surface area contributed by atoms with E-state index < -0.39 is 43.7 Å². The van der Waals surface area contributed by atoms with Crippen LogP contribution in [0, 0.1) is 0 Å². The summed E-state index contributed by atoms with van der Waals surface area (Å²) in [5.74, 6) is 1.63. The van der Waals surface area contributed by atoms with Crippen LogP contribution in [-0.4, -0.2) is 66.6 Å². The van der Waals surface area contributed by atoms with Crippen LogP contribution in [0.5, 0.6) is 11.5 Å². The molecule has 4 aromatic rings. The molecule has 0 aromatic heterocycles. The summed E-state index contributed by atoms with van der Waals surface area (Å²) >= 11 is 0. The summed E-state index contributed by atoms with van der Waals surface area (Å²) in [4.78, 5) is 0. The van der Waals surface area contributed by atoms with Crippen LogP contribution in [0.15, 0.2) is 112 Å². The van der Waals surface area contributed by atoms with Gasteiger partial charge in [0.15, 0.2) is 0 Å². The minimum absolute atomic E-state index is 0.0206. The molecule has 4 aromatic carbocycles. The first kappa shape index (κ1) is 46.3. The van der Waals surface area contributed by atoms with E-state index in [2.05, 4.69) is 190 Å². The summed E-state index contributed by atoms with van der Waals surface area (Å²) < 4.78 is 43.2. The number of rotatable bonds is 14. The van der Waals surface area contributed by atoms with Crippen molar-refractivity contribution in [1.29, 1.82) is 0 Å². The molecule has 0 fully saturated rings. The van der Waals surface area contributed by atoms with E-state index in [0.29, 0.717) is 0 Å². The lowest BCUT2D eigenvalue weighted by Crippen LogP contribution is -2.25. The van der Waals surface area contributed by atoms with Gasteiger partial charge in [0.05, 0.1) is 28.8 Å². The maximum absolute atomic E-state index is 6.52. The standard InChI is InChI=1S/C47H66N6O2P6/c1-13-15-33-47(34-16-14-2)45-35-39(19-17-37-21-27-41(28-22-37)54-60(11)50-56(3,4)48-57(5,6)51-60)25-31-43(45)44-32-26-40(36-46(44)47)20-18-38-23-29-42(30-24-38)55-61(12)52-58(7,8)49-59(9,10)53-61/h17-32,35-36H,13-16,33-34H2,1-12H3/b19-17+,20-18+. The van der Waals surface area contributed by atoms with Crippen molar-refractivity contribution in [2.45, 2.75) is 57.8 Å². The number of nitrogens with zero attached hydrogens (tertiary/aromatic N) is 6. The Balaban J connectivity index is 1.13. The number of hydrogen-bond acceptors (Lipinski definition) is 8. The molecular weight excluding hydrogens is 866 g/mol. The first-order valence-electron chi connectivity index (χ1n) is 21.5. The normalized spacial score (nSPS) is 23.6. The van der Waals surface area contributed by atoms with Crippen LogP contribution in [0.2, 0.25) is 0 Å². The predicted molar refractivity (Wildman–Crippen MR) is 279 cm³/mol. The molecule has 0 N–H and O–H groups in total. The predicted octanol–water partition coefficient (Wildman–Crippen LogP) is 18.3. The van der Waals surface area contributed by atoms with E-state index in [1.54, 1.807) is 0 Å². The van der Waals surface area contributed by atoms with Gasteiger partial charge in [0.1, 0.15) is 11.5 Å². The molecule has 0 radical (unpaired) electrons. The Morgan fingerprint density at radius 3 is 1.10 bits per heavy atom. The van der Waals surface area contributed by atoms with Crippen LogP contribution in [0.25, 0.3) is 35.4 Å². The molecule has 7 rings (SSSR count). The fourth-order valence-electron chi connectivity index (χ4n) is 9.30. The Morgan fingerprint density at radius 2 is 0.754 bits per heavy atom. The highest BCUT2D eigenvalue weighted by atomic mass is 31.3. The lowest BCUT2D eigenvalue weighted by molar-refractivity contribution is 0.414. The zero-order chi connectivity index (χ0) is 43.9. The summed E-state index contributed by atoms with van der Waals surface area (Å²) in [7, 11) is -11.5. The highest BCUT2D eigenvalue weighted by molar-refractivity contribution is 7.85. The number of unbranched alkanes of at least 4 members (excludes halogenated alkanes) is 2. The van der Waals surface area contributed by atoms with E-state index in [1.807, 2.05) is 0 Å². The zero-order valence-electron chi connectivity index (χ0n) is 38.3. The summed E-state index contributed by atoms with van der Waals surface area (Å²) in [5, 5.41) is 0. The van der Waals surface area contributed by atoms with Gasteiger partial charge < -0.3 is 9.05 Å². The second kappa shape index (κ2) is 17.7. The van der Waals surface area contributed by atoms with Gasteiger partial charge in [-0.15, -0.1) is 0 Å². The molecule has 61 heavy (non-hydrogen) atoms. The number of benzene rings is 4. The average molecular weight is 933 g/mol. The van der Waals surface area contributed by atoms with E-state index in [4.69, 9.17) is 36.1 Å². The third-order valence-electron chi connectivity index (χ3n) is 11.0. The van der Waals surface area contributed by atoms with Crippen molar-refractivity contribution >= 4 is 68.0 Å². The summed E-state index contributed by atoms with van der Waals surface area (Å²) in [6.45, 7) is 26.1. The van der Waals surface area contributed by atoms with E-state index in [0.717, 1.165) is 35.5 Å². The van der Waals surface area contributed by atoms with Crippen LogP contribution in [0.4, 0.5) is 0 Å². The molecule has 0 saturated heterocycles. The quantitative estimate of drug-likeness (QED) is 0.0930. The number of hydrogen-bond donors (Lipinski definition) is 0. The maximum atomic E-state index is 6.52. The summed E-state index contributed by atoms with van der Waals surface area (Å²) in [5.41, 5.74) is 10.4. The minimum Gasteiger partial charge on any atom is -0.441 e. The van der Waals surface area contributed by atoms with Gasteiger partial charge in [-0.05, 0) is 135 Å². The lowest BCUT2D eigenvalue weighted by atomic mass is 9.70. The second-order valence-electron chi connectivity index (χ2n) is 18.4. The van der Waals surface area contributed by atoms with E-state index in [-0.39, 0.29) is 5.41 Å². The molecular formula is C47H66N6O2P6. The van der Waals surface area contributed by atoms with Crippen molar-refractivity contribution in [1.82, 2.24) is 0 Å². The van der Waals surface area contributed by atoms with Crippen LogP contribution >= 0.6 is 43.7 Å². The second-order valence-corrected chi connectivity index (χ2v) is 37.1. The number of fused-ring (bicyclic) bond motifs is 3. The van der Waals surface area contributed by atoms with Crippen LogP contribution in [0.1, 0.15) is 85.8 Å². The van der Waals surface area contributed by atoms with E-state index in [1.165, 1.54) is 59.1 Å². The maximum Gasteiger partial charge on any atom is 0.248 e. The Hall–Kier alpha value is -2.66.